The molecule has 0 radical (unpaired) electrons. The molecule has 0 aliphatic heterocycles. The monoisotopic (exact) mass is 1330 g/mol. The Bertz CT molecular complexity index is 5290. The lowest BCUT2D eigenvalue weighted by Crippen LogP contribution is -2.40. The number of rotatable bonds is 16. The van der Waals surface area contributed by atoms with Crippen LogP contribution in [0.3, 0.4) is 0 Å². The van der Waals surface area contributed by atoms with Gasteiger partial charge in [0.2, 0.25) is 0 Å². The van der Waals surface area contributed by atoms with Crippen molar-refractivity contribution in [1.82, 2.24) is 19.6 Å². The molecule has 0 fully saturated rings. The van der Waals surface area contributed by atoms with Gasteiger partial charge in [-0.3, -0.25) is 58.0 Å². The average molecular weight is 1330 g/mol. The summed E-state index contributed by atoms with van der Waals surface area (Å²) in [6.45, 7) is 7.15. The number of carbonyl (C=O) groups is 8. The predicted molar refractivity (Wildman–Crippen MR) is 401 cm³/mol. The van der Waals surface area contributed by atoms with Crippen molar-refractivity contribution in [2.24, 2.45) is 0 Å². The number of nitrogens with zero attached hydrogens (tertiary/aromatic N) is 4. The van der Waals surface area contributed by atoms with Crippen LogP contribution in [0.5, 0.6) is 0 Å². The molecule has 0 saturated heterocycles. The van der Waals surface area contributed by atoms with E-state index in [2.05, 4.69) is 0 Å². The minimum atomic E-state index is -0.886. The highest BCUT2D eigenvalue weighted by atomic mass is 16.2. The number of fused-ring (bicyclic) bond motifs is 5. The second-order valence-electron chi connectivity index (χ2n) is 25.4. The van der Waals surface area contributed by atoms with Gasteiger partial charge in [-0.15, -0.1) is 0 Å². The minimum Gasteiger partial charge on any atom is -0.269 e. The van der Waals surface area contributed by atoms with E-state index in [0.717, 1.165) is 21.9 Å². The third kappa shape index (κ3) is 12.3. The van der Waals surface area contributed by atoms with Gasteiger partial charge in [-0.2, -0.15) is 0 Å². The molecule has 0 N–H and O–H groups in total. The summed E-state index contributed by atoms with van der Waals surface area (Å²) in [7, 11) is 0. The van der Waals surface area contributed by atoms with Gasteiger partial charge in [0.1, 0.15) is 0 Å². The van der Waals surface area contributed by atoms with Crippen molar-refractivity contribution in [3.05, 3.63) is 382 Å². The molecule has 14 aromatic rings. The quantitative estimate of drug-likeness (QED) is 0.0868. The second kappa shape index (κ2) is 28.4. The van der Waals surface area contributed by atoms with Crippen LogP contribution in [0.2, 0.25) is 0 Å². The maximum atomic E-state index is 16.0. The van der Waals surface area contributed by atoms with Gasteiger partial charge in [-0.25, -0.2) is 0 Å². The maximum absolute atomic E-state index is 16.0. The maximum Gasteiger partial charge on any atom is 0.261 e. The highest BCUT2D eigenvalue weighted by molar-refractivity contribution is 6.26. The zero-order chi connectivity index (χ0) is 70.7. The molecule has 0 heterocycles. The summed E-state index contributed by atoms with van der Waals surface area (Å²) in [5.74, 6) is -4.94. The van der Waals surface area contributed by atoms with E-state index in [0.29, 0.717) is 65.3 Å². The molecule has 14 aromatic carbocycles. The number of hydrogen-bond acceptors (Lipinski definition) is 8. The Morgan fingerprint density at radius 2 is 0.333 bits per heavy atom. The van der Waals surface area contributed by atoms with Crippen molar-refractivity contribution < 1.29 is 38.4 Å². The first kappa shape index (κ1) is 66.2. The van der Waals surface area contributed by atoms with Gasteiger partial charge in [0.15, 0.2) is 0 Å². The third-order valence-corrected chi connectivity index (χ3v) is 19.6. The lowest BCUT2D eigenvalue weighted by Gasteiger charge is -2.31. The molecule has 0 aliphatic rings. The van der Waals surface area contributed by atoms with Crippen LogP contribution in [-0.2, 0) is 0 Å². The molecular weight excluding hydrogens is 1270 g/mol. The average Bonchev–Trinajstić information content (AvgIpc) is 0.803. The fourth-order valence-corrected chi connectivity index (χ4v) is 14.2. The van der Waals surface area contributed by atoms with Gasteiger partial charge in [0.25, 0.3) is 47.3 Å². The Kier molecular flexibility index (Phi) is 18.4. The van der Waals surface area contributed by atoms with Crippen molar-refractivity contribution in [2.45, 2.75) is 51.9 Å². The molecule has 0 bridgehead atoms. The molecule has 102 heavy (non-hydrogen) atoms. The van der Waals surface area contributed by atoms with E-state index in [-0.39, 0.29) is 33.4 Å². The number of hydrogen-bond donors (Lipinski definition) is 0. The molecule has 12 heteroatoms. The first-order chi connectivity index (χ1) is 49.7. The molecule has 0 saturated carbocycles. The first-order valence-electron chi connectivity index (χ1n) is 33.9. The van der Waals surface area contributed by atoms with Gasteiger partial charge in [-0.1, -0.05) is 267 Å². The van der Waals surface area contributed by atoms with E-state index < -0.39 is 71.4 Å². The number of benzene rings is 14. The Morgan fingerprint density at radius 1 is 0.176 bits per heavy atom. The Balaban J connectivity index is 0.837. The van der Waals surface area contributed by atoms with Crippen molar-refractivity contribution >= 4 is 101 Å². The molecule has 8 amide bonds. The summed E-state index contributed by atoms with van der Waals surface area (Å²) in [5.41, 5.74) is 4.16. The van der Waals surface area contributed by atoms with E-state index in [1.165, 1.54) is 43.9 Å². The lowest BCUT2D eigenvalue weighted by atomic mass is 9.93. The Morgan fingerprint density at radius 3 is 0.539 bits per heavy atom. The Labute approximate surface area is 589 Å². The van der Waals surface area contributed by atoms with Crippen LogP contribution >= 0.6 is 0 Å². The van der Waals surface area contributed by atoms with E-state index >= 15 is 38.4 Å². The van der Waals surface area contributed by atoms with Crippen LogP contribution in [0, 0.1) is 0 Å². The molecule has 496 valence electrons. The summed E-state index contributed by atoms with van der Waals surface area (Å²) in [5, 5.41) is 5.16. The first-order valence-corrected chi connectivity index (χ1v) is 33.9. The fourth-order valence-electron chi connectivity index (χ4n) is 14.2. The summed E-state index contributed by atoms with van der Waals surface area (Å²) in [4.78, 5) is 130. The standard InChI is InChI=1S/C90H68N4O8/c1-57(61-29-9-5-10-30-61)91(83(95)75-49-27-39-65-37-17-19-41-67(65)75)85(97)77-51-53-79(71-45-23-21-43-69(71)77)87(99)93(59(3)63-33-13-7-14-34-63)89(101)81-55-56-82(74-48-26-25-47-73(74)81)90(102)94(60(4)64-35-15-8-16-36-64)88(100)80-54-52-78(70-44-22-24-46-72(70)80)86(98)92(58(2)62-31-11-6-12-32-62)84(96)76-50-28-40-66-38-18-20-42-68(66)76/h5-60H,1-4H3/t57-,58-,59-,60-/m0/s1. The second-order valence-corrected chi connectivity index (χ2v) is 25.4. The van der Waals surface area contributed by atoms with Crippen molar-refractivity contribution in [3.8, 4) is 0 Å². The van der Waals surface area contributed by atoms with Gasteiger partial charge in [-0.05, 0) is 152 Å². The molecule has 0 aliphatic carbocycles. The Hall–Kier alpha value is -13.1. The van der Waals surface area contributed by atoms with Crippen LogP contribution in [0.1, 0.15) is 157 Å². The van der Waals surface area contributed by atoms with Crippen LogP contribution in [0.25, 0.3) is 53.9 Å². The van der Waals surface area contributed by atoms with Gasteiger partial charge in [0, 0.05) is 44.5 Å². The lowest BCUT2D eigenvalue weighted by molar-refractivity contribution is 0.0538. The number of carbonyl (C=O) groups excluding carboxylic acids is 8. The van der Waals surface area contributed by atoms with Crippen LogP contribution in [0.4, 0.5) is 0 Å². The van der Waals surface area contributed by atoms with Crippen molar-refractivity contribution in [1.29, 1.82) is 0 Å². The van der Waals surface area contributed by atoms with Crippen LogP contribution in [0.15, 0.2) is 315 Å². The van der Waals surface area contributed by atoms with Crippen molar-refractivity contribution in [2.75, 3.05) is 0 Å². The summed E-state index contributed by atoms with van der Waals surface area (Å²) in [6, 6.07) is 89.6. The van der Waals surface area contributed by atoms with E-state index in [1.807, 2.05) is 196 Å². The van der Waals surface area contributed by atoms with E-state index in [1.54, 1.807) is 123 Å². The van der Waals surface area contributed by atoms with Gasteiger partial charge in [0.05, 0.1) is 24.2 Å². The summed E-state index contributed by atoms with van der Waals surface area (Å²) in [6.07, 6.45) is 0. The van der Waals surface area contributed by atoms with Crippen molar-refractivity contribution in [3.63, 3.8) is 0 Å². The number of imide groups is 4. The number of amides is 8. The largest absolute Gasteiger partial charge is 0.269 e. The molecule has 0 spiro atoms. The smallest absolute Gasteiger partial charge is 0.261 e. The fraction of sp³-hybridized carbons (Fsp3) is 0.0889. The highest BCUT2D eigenvalue weighted by Gasteiger charge is 2.39. The zero-order valence-corrected chi connectivity index (χ0v) is 56.4. The minimum absolute atomic E-state index is 0.0849. The zero-order valence-electron chi connectivity index (χ0n) is 56.4. The SMILES string of the molecule is C[C@@H](c1ccccc1)N(C(=O)c1cccc2ccccc12)C(=O)c1ccc(C(=O)N(C(=O)c2ccc(C(=O)N(C(=O)c3ccc(C(=O)N(C(=O)c4cccc5ccccc45)[C@@H](C)c4ccccc4)c4ccccc34)[C@@H](C)c3ccccc3)c3ccccc23)[C@@H](C)c2ccccc2)c2ccccc12. The van der Waals surface area contributed by atoms with E-state index in [4.69, 9.17) is 0 Å². The summed E-state index contributed by atoms with van der Waals surface area (Å²) >= 11 is 0. The molecule has 0 unspecified atom stereocenters. The molecule has 14 rings (SSSR count). The van der Waals surface area contributed by atoms with Crippen LogP contribution < -0.4 is 0 Å². The molecule has 4 atom stereocenters. The van der Waals surface area contributed by atoms with E-state index in [9.17, 15) is 0 Å². The molecule has 0 aromatic heterocycles. The topological polar surface area (TPSA) is 150 Å². The third-order valence-electron chi connectivity index (χ3n) is 19.6. The van der Waals surface area contributed by atoms with Gasteiger partial charge >= 0.3 is 0 Å². The van der Waals surface area contributed by atoms with Crippen LogP contribution in [-0.4, -0.2) is 66.9 Å². The predicted octanol–water partition coefficient (Wildman–Crippen LogP) is 19.6. The van der Waals surface area contributed by atoms with Gasteiger partial charge < -0.3 is 0 Å². The highest BCUT2D eigenvalue weighted by Crippen LogP contribution is 2.38. The normalized spacial score (nSPS) is 12.5. The molecule has 12 nitrogen and oxygen atoms in total. The molecular formula is C90H68N4O8. The summed E-state index contributed by atoms with van der Waals surface area (Å²) < 4.78 is 0.